The van der Waals surface area contributed by atoms with Crippen molar-refractivity contribution in [1.29, 1.82) is 5.53 Å². The molecule has 0 atom stereocenters. The first kappa shape index (κ1) is 35.5. The maximum atomic E-state index is 13.1. The second-order valence-corrected chi connectivity index (χ2v) is 13.7. The van der Waals surface area contributed by atoms with Gasteiger partial charge in [-0.15, -0.1) is 0 Å². The number of nitrogens with one attached hydrogen (secondary N) is 4. The summed E-state index contributed by atoms with van der Waals surface area (Å²) in [4.78, 5) is 23.1. The Bertz CT molecular complexity index is 1840. The van der Waals surface area contributed by atoms with Crippen molar-refractivity contribution < 1.29 is 26.4 Å². The van der Waals surface area contributed by atoms with Crippen molar-refractivity contribution in [2.45, 2.75) is 49.8 Å². The van der Waals surface area contributed by atoms with Crippen molar-refractivity contribution >= 4 is 54.6 Å². The summed E-state index contributed by atoms with van der Waals surface area (Å²) in [6.45, 7) is 4.46. The summed E-state index contributed by atoms with van der Waals surface area (Å²) < 4.78 is 53.1. The van der Waals surface area contributed by atoms with Crippen LogP contribution in [-0.2, 0) is 29.6 Å². The molecule has 0 saturated carbocycles. The molecule has 0 unspecified atom stereocenters. The highest BCUT2D eigenvalue weighted by molar-refractivity contribution is 7.90. The molecular formula is C31H37N7O6S2. The summed E-state index contributed by atoms with van der Waals surface area (Å²) in [5.41, 5.74) is 16.9. The molecule has 0 fully saturated rings. The molecule has 0 spiro atoms. The zero-order valence-electron chi connectivity index (χ0n) is 25.6. The maximum absolute atomic E-state index is 13.1. The molecule has 15 heteroatoms. The minimum atomic E-state index is -3.99. The average molecular weight is 668 g/mol. The maximum Gasteiger partial charge on any atom is 0.266 e. The molecule has 0 bridgehead atoms. The highest BCUT2D eigenvalue weighted by atomic mass is 32.2. The van der Waals surface area contributed by atoms with Crippen molar-refractivity contribution in [1.82, 2.24) is 9.03 Å². The Labute approximate surface area is 269 Å². The van der Waals surface area contributed by atoms with Gasteiger partial charge in [0.05, 0.1) is 15.5 Å². The van der Waals surface area contributed by atoms with Crippen LogP contribution < -0.4 is 21.1 Å². The Hall–Kier alpha value is -5.02. The third-order valence-corrected chi connectivity index (χ3v) is 9.92. The summed E-state index contributed by atoms with van der Waals surface area (Å²) in [5.74, 6) is -1.23. The summed E-state index contributed by atoms with van der Waals surface area (Å²) in [6, 6.07) is 18.7. The zero-order chi connectivity index (χ0) is 33.9. The number of anilines is 2. The van der Waals surface area contributed by atoms with Gasteiger partial charge < -0.3 is 16.4 Å². The van der Waals surface area contributed by atoms with Crippen molar-refractivity contribution in [3.63, 3.8) is 0 Å². The topological polar surface area (TPSA) is 204 Å². The lowest BCUT2D eigenvalue weighted by Crippen LogP contribution is -2.36. The first-order valence-corrected chi connectivity index (χ1v) is 17.1. The molecular weight excluding hydrogens is 631 g/mol. The number of nitrogens with zero attached hydrogens (tertiary/aromatic N) is 2. The lowest BCUT2D eigenvalue weighted by molar-refractivity contribution is -0.124. The van der Waals surface area contributed by atoms with Crippen LogP contribution in [0, 0.1) is 5.53 Å². The first-order valence-electron chi connectivity index (χ1n) is 14.2. The summed E-state index contributed by atoms with van der Waals surface area (Å²) >= 11 is 0. The third-order valence-electron chi connectivity index (χ3n) is 6.58. The van der Waals surface area contributed by atoms with E-state index in [0.717, 1.165) is 24.1 Å². The van der Waals surface area contributed by atoms with Gasteiger partial charge in [0.15, 0.2) is 0 Å². The summed E-state index contributed by atoms with van der Waals surface area (Å²) in [5, 5.41) is 9.61. The molecule has 2 amide bonds. The van der Waals surface area contributed by atoms with E-state index in [1.165, 1.54) is 55.7 Å². The Balaban J connectivity index is 1.72. The van der Waals surface area contributed by atoms with Crippen LogP contribution in [0.15, 0.2) is 100 Å². The van der Waals surface area contributed by atoms with Gasteiger partial charge in [0.25, 0.3) is 20.0 Å². The van der Waals surface area contributed by atoms with E-state index in [1.54, 1.807) is 36.4 Å². The van der Waals surface area contributed by atoms with E-state index in [4.69, 9.17) is 11.3 Å². The van der Waals surface area contributed by atoms with E-state index < -0.39 is 31.9 Å². The van der Waals surface area contributed by atoms with Gasteiger partial charge in [0, 0.05) is 49.7 Å². The number of hydrogen-bond acceptors (Lipinski definition) is 11. The van der Waals surface area contributed by atoms with E-state index in [0.29, 0.717) is 34.6 Å². The van der Waals surface area contributed by atoms with Crippen LogP contribution in [0.4, 0.5) is 11.4 Å². The van der Waals surface area contributed by atoms with Crippen LogP contribution in [0.1, 0.15) is 51.2 Å². The van der Waals surface area contributed by atoms with Gasteiger partial charge in [-0.3, -0.25) is 9.59 Å². The molecule has 0 heterocycles. The fourth-order valence-electron chi connectivity index (χ4n) is 4.22. The van der Waals surface area contributed by atoms with Gasteiger partial charge in [-0.1, -0.05) is 38.0 Å². The monoisotopic (exact) mass is 667 g/mol. The van der Waals surface area contributed by atoms with Crippen molar-refractivity contribution in [2.24, 2.45) is 10.8 Å². The predicted octanol–water partition coefficient (Wildman–Crippen LogP) is 5.05. The number of benzene rings is 3. The van der Waals surface area contributed by atoms with Crippen LogP contribution in [0.2, 0.25) is 0 Å². The van der Waals surface area contributed by atoms with Gasteiger partial charge in [0.2, 0.25) is 11.8 Å². The van der Waals surface area contributed by atoms with Gasteiger partial charge in [-0.05, 0) is 66.6 Å². The largest absolute Gasteiger partial charge is 0.397 e. The van der Waals surface area contributed by atoms with Crippen LogP contribution in [0.5, 0.6) is 0 Å². The molecule has 3 rings (SSSR count). The summed E-state index contributed by atoms with van der Waals surface area (Å²) in [6.07, 6.45) is 5.32. The van der Waals surface area contributed by atoms with Crippen LogP contribution in [0.25, 0.3) is 11.4 Å². The normalized spacial score (nSPS) is 12.2. The van der Waals surface area contributed by atoms with Gasteiger partial charge in [-0.25, -0.2) is 31.4 Å². The fourth-order valence-corrected chi connectivity index (χ4v) is 6.65. The molecule has 244 valence electrons. The number of amides is 2. The van der Waals surface area contributed by atoms with Crippen LogP contribution in [-0.4, -0.2) is 39.5 Å². The number of carbonyl (C=O) groups is 2. The molecule has 0 saturated heterocycles. The predicted molar refractivity (Wildman–Crippen MR) is 177 cm³/mol. The second-order valence-electron chi connectivity index (χ2n) is 10.1. The zero-order valence-corrected chi connectivity index (χ0v) is 27.3. The van der Waals surface area contributed by atoms with Gasteiger partial charge in [0.1, 0.15) is 5.70 Å². The minimum Gasteiger partial charge on any atom is -0.397 e. The number of hydrogen-bond donors (Lipinski definition) is 5. The van der Waals surface area contributed by atoms with E-state index in [2.05, 4.69) is 15.7 Å². The molecule has 3 aromatic rings. The first-order chi connectivity index (χ1) is 21.8. The Kier molecular flexibility index (Phi) is 12.2. The lowest BCUT2D eigenvalue weighted by atomic mass is 10.1. The quantitative estimate of drug-likeness (QED) is 0.108. The molecule has 0 radical (unpaired) electrons. The molecule has 0 aliphatic heterocycles. The fraction of sp³-hybridized carbons (Fsp3) is 0.226. The minimum absolute atomic E-state index is 0.00586. The SMILES string of the molecule is CCCCCN(C(C)=O)S(=O)(=O)c1ccc(N/C=C(\N=N)c2cccc(/C(N)=C/Nc3ccc(S(=O)(=O)NC(C)=O)cc3)c2)cc1. The Morgan fingerprint density at radius 3 is 1.96 bits per heavy atom. The number of sulfonamides is 2. The molecule has 0 aromatic heterocycles. The van der Waals surface area contributed by atoms with Crippen LogP contribution in [0.3, 0.4) is 0 Å². The standard InChI is InChI=1S/C31H37N7O6S2/c1-4-5-6-18-38(23(3)40)46(43,44)29-16-12-27(13-17-29)35-21-31(36-33)25-9-7-8-24(19-25)30(32)20-34-26-10-14-28(15-11-26)45(41,42)37-22(2)39/h7-17,19-21,33-35H,4-6,18,32H2,1-3H3,(H,37,39)/b30-20-,31-21-,36-33?. The van der Waals surface area contributed by atoms with Crippen molar-refractivity contribution in [3.05, 3.63) is 96.3 Å². The van der Waals surface area contributed by atoms with Crippen LogP contribution >= 0.6 is 0 Å². The van der Waals surface area contributed by atoms with Gasteiger partial charge >= 0.3 is 0 Å². The summed E-state index contributed by atoms with van der Waals surface area (Å²) in [7, 11) is -7.94. The number of carbonyl (C=O) groups excluding carboxylic acids is 2. The Morgan fingerprint density at radius 2 is 1.41 bits per heavy atom. The number of nitrogens with two attached hydrogens (primary N) is 1. The molecule has 0 aliphatic carbocycles. The third kappa shape index (κ3) is 9.49. The molecule has 0 aliphatic rings. The van der Waals surface area contributed by atoms with Crippen molar-refractivity contribution in [3.8, 4) is 0 Å². The highest BCUT2D eigenvalue weighted by Crippen LogP contribution is 2.23. The number of unbranched alkanes of at least 4 members (excludes halogenated alkanes) is 2. The smallest absolute Gasteiger partial charge is 0.266 e. The van der Waals surface area contributed by atoms with E-state index in [9.17, 15) is 26.4 Å². The highest BCUT2D eigenvalue weighted by Gasteiger charge is 2.26. The van der Waals surface area contributed by atoms with Gasteiger partial charge in [-0.2, -0.15) is 5.11 Å². The van der Waals surface area contributed by atoms with Crippen molar-refractivity contribution in [2.75, 3.05) is 17.2 Å². The Morgan fingerprint density at radius 1 is 0.848 bits per heavy atom. The average Bonchev–Trinajstić information content (AvgIpc) is 3.02. The number of rotatable bonds is 15. The van der Waals surface area contributed by atoms with E-state index in [1.807, 2.05) is 11.6 Å². The molecule has 13 nitrogen and oxygen atoms in total. The second kappa shape index (κ2) is 15.8. The molecule has 6 N–H and O–H groups in total. The lowest BCUT2D eigenvalue weighted by Gasteiger charge is -2.21. The molecule has 46 heavy (non-hydrogen) atoms. The molecule has 3 aromatic carbocycles. The van der Waals surface area contributed by atoms with E-state index in [-0.39, 0.29) is 22.0 Å². The van der Waals surface area contributed by atoms with E-state index >= 15 is 0 Å².